The number of carbonyl (C=O) groups excluding carboxylic acids is 1. The SMILES string of the molecule is COC(=O)c1ccc(F)c(N=Cc2cccc(Br)c2)c1. The quantitative estimate of drug-likeness (QED) is 0.625. The Morgan fingerprint density at radius 3 is 2.80 bits per heavy atom. The Kier molecular flexibility index (Phi) is 4.63. The van der Waals surface area contributed by atoms with Crippen molar-refractivity contribution in [2.75, 3.05) is 7.11 Å². The number of carbonyl (C=O) groups is 1. The van der Waals surface area contributed by atoms with Crippen LogP contribution < -0.4 is 0 Å². The second kappa shape index (κ2) is 6.43. The molecule has 20 heavy (non-hydrogen) atoms. The molecule has 0 atom stereocenters. The van der Waals surface area contributed by atoms with E-state index in [9.17, 15) is 9.18 Å². The Morgan fingerprint density at radius 2 is 2.10 bits per heavy atom. The van der Waals surface area contributed by atoms with E-state index in [-0.39, 0.29) is 11.3 Å². The third kappa shape index (κ3) is 3.51. The van der Waals surface area contributed by atoms with Crippen molar-refractivity contribution in [3.63, 3.8) is 0 Å². The lowest BCUT2D eigenvalue weighted by Crippen LogP contribution is -2.00. The molecule has 0 unspecified atom stereocenters. The van der Waals surface area contributed by atoms with E-state index in [1.807, 2.05) is 24.3 Å². The number of methoxy groups -OCH3 is 1. The monoisotopic (exact) mass is 335 g/mol. The minimum absolute atomic E-state index is 0.0906. The van der Waals surface area contributed by atoms with Crippen LogP contribution in [0.4, 0.5) is 10.1 Å². The van der Waals surface area contributed by atoms with Crippen molar-refractivity contribution < 1.29 is 13.9 Å². The minimum atomic E-state index is -0.524. The summed E-state index contributed by atoms with van der Waals surface area (Å²) in [6.45, 7) is 0. The van der Waals surface area contributed by atoms with E-state index in [4.69, 9.17) is 0 Å². The molecule has 3 nitrogen and oxygen atoms in total. The van der Waals surface area contributed by atoms with E-state index in [0.717, 1.165) is 10.0 Å². The van der Waals surface area contributed by atoms with Crippen molar-refractivity contribution in [1.29, 1.82) is 0 Å². The number of benzene rings is 2. The molecule has 2 aromatic carbocycles. The van der Waals surface area contributed by atoms with Gasteiger partial charge in [0.15, 0.2) is 0 Å². The maximum atomic E-state index is 13.6. The Bertz CT molecular complexity index is 671. The van der Waals surface area contributed by atoms with Gasteiger partial charge in [-0.2, -0.15) is 0 Å². The summed E-state index contributed by atoms with van der Waals surface area (Å²) < 4.78 is 19.1. The van der Waals surface area contributed by atoms with Crippen LogP contribution in [-0.4, -0.2) is 19.3 Å². The Morgan fingerprint density at radius 1 is 1.30 bits per heavy atom. The molecule has 2 aromatic rings. The van der Waals surface area contributed by atoms with Gasteiger partial charge < -0.3 is 4.74 Å². The molecule has 2 rings (SSSR count). The van der Waals surface area contributed by atoms with Gasteiger partial charge in [0.1, 0.15) is 5.82 Å². The van der Waals surface area contributed by atoms with E-state index >= 15 is 0 Å². The van der Waals surface area contributed by atoms with Gasteiger partial charge in [0.05, 0.1) is 18.4 Å². The molecule has 102 valence electrons. The molecule has 5 heteroatoms. The van der Waals surface area contributed by atoms with E-state index in [1.54, 1.807) is 0 Å². The molecule has 0 saturated heterocycles. The van der Waals surface area contributed by atoms with E-state index in [0.29, 0.717) is 0 Å². The van der Waals surface area contributed by atoms with Gasteiger partial charge >= 0.3 is 5.97 Å². The zero-order valence-electron chi connectivity index (χ0n) is 10.6. The molecule has 0 bridgehead atoms. The number of halogens is 2. The number of hydrogen-bond acceptors (Lipinski definition) is 3. The molecule has 0 aliphatic heterocycles. The fourth-order valence-corrected chi connectivity index (χ4v) is 2.00. The van der Waals surface area contributed by atoms with Crippen molar-refractivity contribution in [3.8, 4) is 0 Å². The summed E-state index contributed by atoms with van der Waals surface area (Å²) in [4.78, 5) is 15.5. The largest absolute Gasteiger partial charge is 0.465 e. The number of rotatable bonds is 3. The van der Waals surface area contributed by atoms with Gasteiger partial charge in [-0.1, -0.05) is 28.1 Å². The number of hydrogen-bond donors (Lipinski definition) is 0. The summed E-state index contributed by atoms with van der Waals surface area (Å²) in [5.41, 5.74) is 1.17. The zero-order chi connectivity index (χ0) is 14.5. The highest BCUT2D eigenvalue weighted by molar-refractivity contribution is 9.10. The highest BCUT2D eigenvalue weighted by Crippen LogP contribution is 2.20. The summed E-state index contributed by atoms with van der Waals surface area (Å²) in [5.74, 6) is -1.02. The Hall–Kier alpha value is -2.01. The lowest BCUT2D eigenvalue weighted by molar-refractivity contribution is 0.0600. The summed E-state index contributed by atoms with van der Waals surface area (Å²) in [5, 5.41) is 0. The molecule has 0 aliphatic rings. The molecule has 0 radical (unpaired) electrons. The topological polar surface area (TPSA) is 38.7 Å². The fraction of sp³-hybridized carbons (Fsp3) is 0.0667. The minimum Gasteiger partial charge on any atom is -0.465 e. The van der Waals surface area contributed by atoms with Gasteiger partial charge in [-0.25, -0.2) is 9.18 Å². The van der Waals surface area contributed by atoms with Crippen LogP contribution in [-0.2, 0) is 4.74 Å². The van der Waals surface area contributed by atoms with Crippen molar-refractivity contribution >= 4 is 33.8 Å². The maximum Gasteiger partial charge on any atom is 0.337 e. The van der Waals surface area contributed by atoms with Gasteiger partial charge in [0.2, 0.25) is 0 Å². The van der Waals surface area contributed by atoms with Crippen LogP contribution >= 0.6 is 15.9 Å². The van der Waals surface area contributed by atoms with Crippen molar-refractivity contribution in [2.45, 2.75) is 0 Å². The van der Waals surface area contributed by atoms with Gasteiger partial charge in [0.25, 0.3) is 0 Å². The number of esters is 1. The first kappa shape index (κ1) is 14.4. The van der Waals surface area contributed by atoms with Crippen LogP contribution in [0.3, 0.4) is 0 Å². The first-order chi connectivity index (χ1) is 9.60. The number of ether oxygens (including phenoxy) is 1. The molecule has 0 aliphatic carbocycles. The first-order valence-corrected chi connectivity index (χ1v) is 6.57. The second-order valence-electron chi connectivity index (χ2n) is 3.97. The average molecular weight is 336 g/mol. The second-order valence-corrected chi connectivity index (χ2v) is 4.89. The molecular weight excluding hydrogens is 325 g/mol. The molecule has 0 amide bonds. The summed E-state index contributed by atoms with van der Waals surface area (Å²) in [6.07, 6.45) is 1.53. The van der Waals surface area contributed by atoms with Crippen LogP contribution in [0.5, 0.6) is 0 Å². The molecular formula is C15H11BrFNO2. The molecule has 0 heterocycles. The van der Waals surface area contributed by atoms with Crippen LogP contribution in [0, 0.1) is 5.82 Å². The van der Waals surface area contributed by atoms with E-state index < -0.39 is 11.8 Å². The lowest BCUT2D eigenvalue weighted by atomic mass is 10.2. The Labute approximate surface area is 124 Å². The third-order valence-corrected chi connectivity index (χ3v) is 3.06. The van der Waals surface area contributed by atoms with Crippen LogP contribution in [0.1, 0.15) is 15.9 Å². The zero-order valence-corrected chi connectivity index (χ0v) is 12.2. The van der Waals surface area contributed by atoms with Gasteiger partial charge in [-0.05, 0) is 35.9 Å². The fourth-order valence-electron chi connectivity index (χ4n) is 1.59. The van der Waals surface area contributed by atoms with Crippen molar-refractivity contribution in [3.05, 3.63) is 63.9 Å². The van der Waals surface area contributed by atoms with Crippen LogP contribution in [0.15, 0.2) is 51.9 Å². The Balaban J connectivity index is 2.30. The molecule has 0 saturated carbocycles. The normalized spacial score (nSPS) is 10.8. The van der Waals surface area contributed by atoms with Gasteiger partial charge in [-0.3, -0.25) is 4.99 Å². The highest BCUT2D eigenvalue weighted by Gasteiger charge is 2.08. The van der Waals surface area contributed by atoms with Crippen LogP contribution in [0.25, 0.3) is 0 Å². The number of nitrogens with zero attached hydrogens (tertiary/aromatic N) is 1. The molecule has 0 N–H and O–H groups in total. The molecule has 0 spiro atoms. The number of aliphatic imine (C=N–C) groups is 1. The lowest BCUT2D eigenvalue weighted by Gasteiger charge is -2.02. The standard InChI is InChI=1S/C15H11BrFNO2/c1-20-15(19)11-5-6-13(17)14(8-11)18-9-10-3-2-4-12(16)7-10/h2-9H,1H3. The third-order valence-electron chi connectivity index (χ3n) is 2.57. The maximum absolute atomic E-state index is 13.6. The summed E-state index contributed by atoms with van der Waals surface area (Å²) >= 11 is 3.35. The molecule has 0 fully saturated rings. The highest BCUT2D eigenvalue weighted by atomic mass is 79.9. The summed E-state index contributed by atoms with van der Waals surface area (Å²) in [7, 11) is 1.27. The predicted octanol–water partition coefficient (Wildman–Crippen LogP) is 4.13. The van der Waals surface area contributed by atoms with E-state index in [2.05, 4.69) is 25.7 Å². The van der Waals surface area contributed by atoms with Gasteiger partial charge in [-0.15, -0.1) is 0 Å². The van der Waals surface area contributed by atoms with Crippen molar-refractivity contribution in [2.24, 2.45) is 4.99 Å². The average Bonchev–Trinajstić information content (AvgIpc) is 2.45. The first-order valence-electron chi connectivity index (χ1n) is 5.77. The van der Waals surface area contributed by atoms with Crippen molar-refractivity contribution in [1.82, 2.24) is 0 Å². The van der Waals surface area contributed by atoms with Crippen LogP contribution in [0.2, 0.25) is 0 Å². The van der Waals surface area contributed by atoms with E-state index in [1.165, 1.54) is 31.5 Å². The smallest absolute Gasteiger partial charge is 0.337 e. The van der Waals surface area contributed by atoms with Gasteiger partial charge in [0, 0.05) is 10.7 Å². The molecule has 0 aromatic heterocycles. The predicted molar refractivity (Wildman–Crippen MR) is 79.1 cm³/mol. The summed E-state index contributed by atoms with van der Waals surface area (Å²) in [6, 6.07) is 11.3.